The summed E-state index contributed by atoms with van der Waals surface area (Å²) in [6, 6.07) is 9.74. The summed E-state index contributed by atoms with van der Waals surface area (Å²) in [4.78, 5) is 13.1. The van der Waals surface area contributed by atoms with Crippen LogP contribution in [-0.2, 0) is 11.3 Å². The maximum Gasteiger partial charge on any atom is 0.243 e. The molecule has 0 aliphatic carbocycles. The zero-order chi connectivity index (χ0) is 14.4. The molecule has 6 nitrogen and oxygen atoms in total. The van der Waals surface area contributed by atoms with Gasteiger partial charge in [0.15, 0.2) is 0 Å². The molecule has 0 saturated carbocycles. The van der Waals surface area contributed by atoms with Crippen LogP contribution in [0.2, 0.25) is 0 Å². The number of carbonyl (C=O) groups is 1. The molecule has 0 fully saturated rings. The van der Waals surface area contributed by atoms with Crippen molar-refractivity contribution >= 4 is 5.91 Å². The molecule has 1 heterocycles. The summed E-state index contributed by atoms with van der Waals surface area (Å²) in [6.07, 6.45) is 2.01. The van der Waals surface area contributed by atoms with Crippen LogP contribution >= 0.6 is 0 Å². The van der Waals surface area contributed by atoms with Gasteiger partial charge < -0.3 is 5.32 Å². The number of amides is 1. The van der Waals surface area contributed by atoms with Crippen LogP contribution in [0.3, 0.4) is 0 Å². The zero-order valence-corrected chi connectivity index (χ0v) is 11.8. The van der Waals surface area contributed by atoms with Crippen LogP contribution in [0.1, 0.15) is 26.7 Å². The molecule has 0 saturated heterocycles. The quantitative estimate of drug-likeness (QED) is 0.868. The van der Waals surface area contributed by atoms with Gasteiger partial charge in [0, 0.05) is 11.6 Å². The first-order valence-corrected chi connectivity index (χ1v) is 6.81. The van der Waals surface area contributed by atoms with Gasteiger partial charge in [-0.2, -0.15) is 4.80 Å². The minimum atomic E-state index is -0.0945. The van der Waals surface area contributed by atoms with Crippen LogP contribution < -0.4 is 5.32 Å². The minimum Gasteiger partial charge on any atom is -0.352 e. The molecule has 2 rings (SSSR count). The Morgan fingerprint density at radius 3 is 2.80 bits per heavy atom. The molecule has 106 valence electrons. The van der Waals surface area contributed by atoms with E-state index < -0.39 is 0 Å². The third kappa shape index (κ3) is 3.88. The van der Waals surface area contributed by atoms with Crippen LogP contribution in [0, 0.1) is 0 Å². The Hall–Kier alpha value is -2.24. The molecule has 1 amide bonds. The van der Waals surface area contributed by atoms with E-state index in [2.05, 4.69) is 27.7 Å². The molecule has 1 aromatic heterocycles. The Morgan fingerprint density at radius 2 is 2.10 bits per heavy atom. The first kappa shape index (κ1) is 14.2. The topological polar surface area (TPSA) is 72.7 Å². The summed E-state index contributed by atoms with van der Waals surface area (Å²) in [5, 5.41) is 15.0. The third-order valence-corrected chi connectivity index (χ3v) is 2.90. The number of nitrogens with zero attached hydrogens (tertiary/aromatic N) is 4. The van der Waals surface area contributed by atoms with Gasteiger partial charge >= 0.3 is 0 Å². The van der Waals surface area contributed by atoms with E-state index in [4.69, 9.17) is 0 Å². The van der Waals surface area contributed by atoms with E-state index >= 15 is 0 Å². The number of hydrogen-bond acceptors (Lipinski definition) is 4. The molecule has 0 unspecified atom stereocenters. The van der Waals surface area contributed by atoms with Crippen molar-refractivity contribution in [3.8, 4) is 11.4 Å². The molecule has 1 atom stereocenters. The number of tetrazole rings is 1. The monoisotopic (exact) mass is 273 g/mol. The Morgan fingerprint density at radius 1 is 1.35 bits per heavy atom. The number of carbonyl (C=O) groups excluding carboxylic acids is 1. The third-order valence-electron chi connectivity index (χ3n) is 2.90. The summed E-state index contributed by atoms with van der Waals surface area (Å²) < 4.78 is 0. The number of hydrogen-bond donors (Lipinski definition) is 1. The second-order valence-corrected chi connectivity index (χ2v) is 4.77. The molecule has 6 heteroatoms. The molecule has 20 heavy (non-hydrogen) atoms. The minimum absolute atomic E-state index is 0.0912. The van der Waals surface area contributed by atoms with Crippen molar-refractivity contribution in [2.75, 3.05) is 0 Å². The van der Waals surface area contributed by atoms with Crippen molar-refractivity contribution in [3.63, 3.8) is 0 Å². The molecule has 0 spiro atoms. The van der Waals surface area contributed by atoms with Crippen LogP contribution in [0.25, 0.3) is 11.4 Å². The molecule has 1 N–H and O–H groups in total. The van der Waals surface area contributed by atoms with Crippen LogP contribution in [0.5, 0.6) is 0 Å². The summed E-state index contributed by atoms with van der Waals surface area (Å²) in [6.45, 7) is 4.17. The fraction of sp³-hybridized carbons (Fsp3) is 0.429. The van der Waals surface area contributed by atoms with Crippen LogP contribution in [0.4, 0.5) is 0 Å². The average molecular weight is 273 g/mol. The first-order chi connectivity index (χ1) is 9.69. The highest BCUT2D eigenvalue weighted by Gasteiger charge is 2.10. The molecule has 0 bridgehead atoms. The molecular weight excluding hydrogens is 254 g/mol. The molecular formula is C14H19N5O. The summed E-state index contributed by atoms with van der Waals surface area (Å²) in [5.41, 5.74) is 0.888. The Bertz CT molecular complexity index is 552. The van der Waals surface area contributed by atoms with Crippen molar-refractivity contribution in [3.05, 3.63) is 30.3 Å². The number of benzene rings is 1. The van der Waals surface area contributed by atoms with Crippen molar-refractivity contribution in [2.45, 2.75) is 39.3 Å². The van der Waals surface area contributed by atoms with Gasteiger partial charge in [0.1, 0.15) is 6.54 Å². The fourth-order valence-electron chi connectivity index (χ4n) is 1.97. The Labute approximate surface area is 118 Å². The maximum atomic E-state index is 11.8. The van der Waals surface area contributed by atoms with E-state index in [1.807, 2.05) is 37.3 Å². The standard InChI is InChI=1S/C14H19N5O/c1-3-7-11(2)15-13(20)10-19-17-14(16-18-19)12-8-5-4-6-9-12/h4-6,8-9,11H,3,7,10H2,1-2H3,(H,15,20)/t11-/m1/s1. The summed E-state index contributed by atoms with van der Waals surface area (Å²) in [7, 11) is 0. The predicted molar refractivity (Wildman–Crippen MR) is 75.8 cm³/mol. The second-order valence-electron chi connectivity index (χ2n) is 4.77. The fourth-order valence-corrected chi connectivity index (χ4v) is 1.97. The van der Waals surface area contributed by atoms with E-state index in [-0.39, 0.29) is 18.5 Å². The number of nitrogens with one attached hydrogen (secondary N) is 1. The van der Waals surface area contributed by atoms with Crippen molar-refractivity contribution < 1.29 is 4.79 Å². The highest BCUT2D eigenvalue weighted by Crippen LogP contribution is 2.11. The van der Waals surface area contributed by atoms with Gasteiger partial charge in [-0.25, -0.2) is 0 Å². The molecule has 0 radical (unpaired) electrons. The molecule has 0 aliphatic heterocycles. The van der Waals surface area contributed by atoms with Gasteiger partial charge in [-0.05, 0) is 18.6 Å². The normalized spacial score (nSPS) is 12.1. The largest absolute Gasteiger partial charge is 0.352 e. The lowest BCUT2D eigenvalue weighted by Crippen LogP contribution is -2.35. The highest BCUT2D eigenvalue weighted by molar-refractivity contribution is 5.75. The second kappa shape index (κ2) is 6.79. The van der Waals surface area contributed by atoms with Crippen LogP contribution in [-0.4, -0.2) is 32.2 Å². The lowest BCUT2D eigenvalue weighted by Gasteiger charge is -2.11. The lowest BCUT2D eigenvalue weighted by molar-refractivity contribution is -0.122. The predicted octanol–water partition coefficient (Wildman–Crippen LogP) is 1.64. The van der Waals surface area contributed by atoms with E-state index in [0.29, 0.717) is 5.82 Å². The average Bonchev–Trinajstić information content (AvgIpc) is 2.88. The van der Waals surface area contributed by atoms with Gasteiger partial charge in [0.2, 0.25) is 11.7 Å². The van der Waals surface area contributed by atoms with Gasteiger partial charge in [-0.1, -0.05) is 43.7 Å². The Balaban J connectivity index is 1.95. The highest BCUT2D eigenvalue weighted by atomic mass is 16.2. The molecule has 0 aliphatic rings. The summed E-state index contributed by atoms with van der Waals surface area (Å²) in [5.74, 6) is 0.433. The number of aromatic nitrogens is 4. The van der Waals surface area contributed by atoms with Gasteiger partial charge in [-0.3, -0.25) is 4.79 Å². The van der Waals surface area contributed by atoms with Gasteiger partial charge in [0.05, 0.1) is 0 Å². The lowest BCUT2D eigenvalue weighted by atomic mass is 10.2. The Kier molecular flexibility index (Phi) is 4.81. The zero-order valence-electron chi connectivity index (χ0n) is 11.8. The van der Waals surface area contributed by atoms with Gasteiger partial charge in [0.25, 0.3) is 0 Å². The van der Waals surface area contributed by atoms with E-state index in [1.54, 1.807) is 0 Å². The van der Waals surface area contributed by atoms with Crippen molar-refractivity contribution in [1.29, 1.82) is 0 Å². The van der Waals surface area contributed by atoms with Crippen LogP contribution in [0.15, 0.2) is 30.3 Å². The van der Waals surface area contributed by atoms with E-state index in [1.165, 1.54) is 4.80 Å². The van der Waals surface area contributed by atoms with Crippen molar-refractivity contribution in [1.82, 2.24) is 25.5 Å². The van der Waals surface area contributed by atoms with E-state index in [9.17, 15) is 4.79 Å². The van der Waals surface area contributed by atoms with Gasteiger partial charge in [-0.15, -0.1) is 10.2 Å². The van der Waals surface area contributed by atoms with E-state index in [0.717, 1.165) is 18.4 Å². The number of rotatable bonds is 6. The maximum absolute atomic E-state index is 11.8. The van der Waals surface area contributed by atoms with Crippen molar-refractivity contribution in [2.24, 2.45) is 0 Å². The molecule has 1 aromatic carbocycles. The first-order valence-electron chi connectivity index (χ1n) is 6.81. The summed E-state index contributed by atoms with van der Waals surface area (Å²) >= 11 is 0. The smallest absolute Gasteiger partial charge is 0.243 e. The molecule has 2 aromatic rings. The SMILES string of the molecule is CCC[C@@H](C)NC(=O)Cn1nnc(-c2ccccc2)n1.